The normalized spacial score (nSPS) is 37.5. The number of nitrogens with one attached hydrogen (secondary N) is 1. The van der Waals surface area contributed by atoms with Crippen LogP contribution in [0.4, 0.5) is 0 Å². The molecule has 0 spiro atoms. The van der Waals surface area contributed by atoms with Crippen molar-refractivity contribution in [1.82, 2.24) is 5.32 Å². The van der Waals surface area contributed by atoms with Crippen molar-refractivity contribution in [3.05, 3.63) is 0 Å². The van der Waals surface area contributed by atoms with E-state index in [1.54, 1.807) is 0 Å². The average molecular weight is 183 g/mol. The van der Waals surface area contributed by atoms with Crippen LogP contribution < -0.4 is 5.32 Å². The predicted octanol–water partition coefficient (Wildman–Crippen LogP) is 1.08. The highest BCUT2D eigenvalue weighted by Crippen LogP contribution is 2.33. The first kappa shape index (κ1) is 9.00. The highest BCUT2D eigenvalue weighted by atomic mass is 16.5. The molecule has 0 aromatic heterocycles. The van der Waals surface area contributed by atoms with Crippen LogP contribution in [0.25, 0.3) is 0 Å². The molecule has 1 heterocycles. The first-order valence-corrected chi connectivity index (χ1v) is 5.23. The Balaban J connectivity index is 1.72. The number of carbonyl (C=O) groups excluding carboxylic acids is 1. The molecule has 1 amide bonds. The van der Waals surface area contributed by atoms with Crippen LogP contribution in [0.5, 0.6) is 0 Å². The largest absolute Gasteiger partial charge is 0.368 e. The number of amides is 1. The Morgan fingerprint density at radius 3 is 3.00 bits per heavy atom. The van der Waals surface area contributed by atoms with Gasteiger partial charge in [0.1, 0.15) is 6.10 Å². The minimum Gasteiger partial charge on any atom is -0.368 e. The van der Waals surface area contributed by atoms with Crippen molar-refractivity contribution in [3.8, 4) is 0 Å². The molecule has 1 saturated heterocycles. The van der Waals surface area contributed by atoms with E-state index < -0.39 is 0 Å². The molecule has 0 radical (unpaired) electrons. The SMILES string of the molecule is CCC1CC1NC(=O)[C@@H]1CCCO1. The molecule has 0 bridgehead atoms. The van der Waals surface area contributed by atoms with Crippen LogP contribution in [0.15, 0.2) is 0 Å². The maximum atomic E-state index is 11.5. The summed E-state index contributed by atoms with van der Waals surface area (Å²) in [4.78, 5) is 11.5. The standard InChI is InChI=1S/C10H17NO2/c1-2-7-6-8(7)11-10(12)9-4-3-5-13-9/h7-9H,2-6H2,1H3,(H,11,12)/t7?,8?,9-/m0/s1. The van der Waals surface area contributed by atoms with E-state index in [9.17, 15) is 4.79 Å². The van der Waals surface area contributed by atoms with E-state index in [1.165, 1.54) is 6.42 Å². The summed E-state index contributed by atoms with van der Waals surface area (Å²) in [5, 5.41) is 3.03. The van der Waals surface area contributed by atoms with Gasteiger partial charge in [0, 0.05) is 12.6 Å². The molecule has 74 valence electrons. The van der Waals surface area contributed by atoms with Gasteiger partial charge in [-0.1, -0.05) is 13.3 Å². The lowest BCUT2D eigenvalue weighted by molar-refractivity contribution is -0.130. The number of ether oxygens (including phenoxy) is 1. The Kier molecular flexibility index (Phi) is 2.54. The van der Waals surface area contributed by atoms with Crippen molar-refractivity contribution in [2.45, 2.75) is 44.8 Å². The zero-order valence-corrected chi connectivity index (χ0v) is 8.08. The van der Waals surface area contributed by atoms with Gasteiger partial charge in [-0.05, 0) is 25.2 Å². The molecular formula is C10H17NO2. The van der Waals surface area contributed by atoms with E-state index in [4.69, 9.17) is 4.74 Å². The minimum absolute atomic E-state index is 0.110. The highest BCUT2D eigenvalue weighted by Gasteiger charge is 2.38. The van der Waals surface area contributed by atoms with Crippen LogP contribution in [0, 0.1) is 5.92 Å². The zero-order valence-electron chi connectivity index (χ0n) is 8.08. The Morgan fingerprint density at radius 2 is 2.46 bits per heavy atom. The molecule has 2 aliphatic rings. The van der Waals surface area contributed by atoms with Crippen molar-refractivity contribution in [3.63, 3.8) is 0 Å². The van der Waals surface area contributed by atoms with E-state index in [1.807, 2.05) is 0 Å². The van der Waals surface area contributed by atoms with E-state index in [2.05, 4.69) is 12.2 Å². The zero-order chi connectivity index (χ0) is 9.26. The van der Waals surface area contributed by atoms with Gasteiger partial charge in [0.2, 0.25) is 5.91 Å². The molecule has 2 fully saturated rings. The second-order valence-corrected chi connectivity index (χ2v) is 4.02. The quantitative estimate of drug-likeness (QED) is 0.711. The summed E-state index contributed by atoms with van der Waals surface area (Å²) in [5.41, 5.74) is 0. The van der Waals surface area contributed by atoms with Crippen molar-refractivity contribution < 1.29 is 9.53 Å². The molecule has 1 N–H and O–H groups in total. The van der Waals surface area contributed by atoms with Crippen LogP contribution in [0.3, 0.4) is 0 Å². The van der Waals surface area contributed by atoms with Gasteiger partial charge in [-0.25, -0.2) is 0 Å². The van der Waals surface area contributed by atoms with Gasteiger partial charge in [-0.3, -0.25) is 4.79 Å². The Bertz CT molecular complexity index is 199. The maximum Gasteiger partial charge on any atom is 0.249 e. The smallest absolute Gasteiger partial charge is 0.249 e. The summed E-state index contributed by atoms with van der Waals surface area (Å²) < 4.78 is 5.30. The van der Waals surface area contributed by atoms with E-state index in [0.717, 1.165) is 31.8 Å². The molecule has 3 heteroatoms. The molecule has 0 aromatic carbocycles. The van der Waals surface area contributed by atoms with Gasteiger partial charge in [0.25, 0.3) is 0 Å². The van der Waals surface area contributed by atoms with Gasteiger partial charge in [-0.15, -0.1) is 0 Å². The molecule has 3 atom stereocenters. The van der Waals surface area contributed by atoms with E-state index >= 15 is 0 Å². The average Bonchev–Trinajstić information content (AvgIpc) is 2.68. The van der Waals surface area contributed by atoms with Crippen LogP contribution in [-0.2, 0) is 9.53 Å². The monoisotopic (exact) mass is 183 g/mol. The summed E-state index contributed by atoms with van der Waals surface area (Å²) in [6, 6.07) is 0.446. The van der Waals surface area contributed by atoms with Crippen LogP contribution in [0.1, 0.15) is 32.6 Å². The number of carbonyl (C=O) groups is 1. The molecule has 2 rings (SSSR count). The topological polar surface area (TPSA) is 38.3 Å². The minimum atomic E-state index is -0.155. The predicted molar refractivity (Wildman–Crippen MR) is 49.3 cm³/mol. The van der Waals surface area contributed by atoms with Crippen molar-refractivity contribution in [2.75, 3.05) is 6.61 Å². The summed E-state index contributed by atoms with van der Waals surface area (Å²) in [5.74, 6) is 0.837. The van der Waals surface area contributed by atoms with E-state index in [0.29, 0.717) is 6.04 Å². The van der Waals surface area contributed by atoms with Crippen molar-refractivity contribution in [1.29, 1.82) is 0 Å². The molecule has 1 aliphatic carbocycles. The second-order valence-electron chi connectivity index (χ2n) is 4.02. The third-order valence-corrected chi connectivity index (χ3v) is 3.00. The third-order valence-electron chi connectivity index (χ3n) is 3.00. The van der Waals surface area contributed by atoms with Crippen LogP contribution in [-0.4, -0.2) is 24.7 Å². The summed E-state index contributed by atoms with van der Waals surface area (Å²) in [7, 11) is 0. The lowest BCUT2D eigenvalue weighted by Gasteiger charge is -2.09. The lowest BCUT2D eigenvalue weighted by atomic mass is 10.2. The number of hydrogen-bond acceptors (Lipinski definition) is 2. The third kappa shape index (κ3) is 2.02. The maximum absolute atomic E-state index is 11.5. The summed E-state index contributed by atoms with van der Waals surface area (Å²) in [6.07, 6.45) is 4.11. The van der Waals surface area contributed by atoms with Crippen LogP contribution >= 0.6 is 0 Å². The number of hydrogen-bond donors (Lipinski definition) is 1. The van der Waals surface area contributed by atoms with Gasteiger partial charge in [0.05, 0.1) is 0 Å². The fourth-order valence-electron chi connectivity index (χ4n) is 1.94. The van der Waals surface area contributed by atoms with Gasteiger partial charge >= 0.3 is 0 Å². The second kappa shape index (κ2) is 3.66. The lowest BCUT2D eigenvalue weighted by Crippen LogP contribution is -2.36. The molecule has 13 heavy (non-hydrogen) atoms. The summed E-state index contributed by atoms with van der Waals surface area (Å²) >= 11 is 0. The molecule has 1 aliphatic heterocycles. The van der Waals surface area contributed by atoms with Crippen molar-refractivity contribution in [2.24, 2.45) is 5.92 Å². The van der Waals surface area contributed by atoms with Gasteiger partial charge < -0.3 is 10.1 Å². The van der Waals surface area contributed by atoms with Crippen molar-refractivity contribution >= 4 is 5.91 Å². The van der Waals surface area contributed by atoms with Gasteiger partial charge in [-0.2, -0.15) is 0 Å². The Hall–Kier alpha value is -0.570. The first-order valence-electron chi connectivity index (χ1n) is 5.23. The molecular weight excluding hydrogens is 166 g/mol. The molecule has 1 saturated carbocycles. The fraction of sp³-hybridized carbons (Fsp3) is 0.900. The first-order chi connectivity index (χ1) is 6.31. The molecule has 3 nitrogen and oxygen atoms in total. The summed E-state index contributed by atoms with van der Waals surface area (Å²) in [6.45, 7) is 2.92. The van der Waals surface area contributed by atoms with Gasteiger partial charge in [0.15, 0.2) is 0 Å². The molecule has 2 unspecified atom stereocenters. The highest BCUT2D eigenvalue weighted by molar-refractivity contribution is 5.81. The van der Waals surface area contributed by atoms with Crippen LogP contribution in [0.2, 0.25) is 0 Å². The fourth-order valence-corrected chi connectivity index (χ4v) is 1.94. The van der Waals surface area contributed by atoms with E-state index in [-0.39, 0.29) is 12.0 Å². The molecule has 0 aromatic rings. The Morgan fingerprint density at radius 1 is 1.62 bits per heavy atom. The Labute approximate surface area is 78.8 Å². The number of rotatable bonds is 3.